The Morgan fingerprint density at radius 2 is 1.78 bits per heavy atom. The highest BCUT2D eigenvalue weighted by molar-refractivity contribution is 5.88. The fourth-order valence-electron chi connectivity index (χ4n) is 2.34. The molecule has 0 atom stereocenters. The molecule has 0 aliphatic heterocycles. The molecule has 1 aromatic heterocycles. The molecule has 138 valence electrons. The van der Waals surface area contributed by atoms with Gasteiger partial charge in [0.1, 0.15) is 12.1 Å². The number of rotatable bonds is 4. The molecule has 0 unspecified atom stereocenters. The third-order valence-corrected chi connectivity index (χ3v) is 3.53. The normalized spacial score (nSPS) is 11.1. The Morgan fingerprint density at radius 3 is 2.44 bits per heavy atom. The van der Waals surface area contributed by atoms with Gasteiger partial charge in [-0.25, -0.2) is 9.97 Å². The Bertz CT molecular complexity index is 957. The van der Waals surface area contributed by atoms with Gasteiger partial charge in [0.15, 0.2) is 0 Å². The summed E-state index contributed by atoms with van der Waals surface area (Å²) >= 11 is 0. The third-order valence-electron chi connectivity index (χ3n) is 3.53. The van der Waals surface area contributed by atoms with Gasteiger partial charge in [-0.2, -0.15) is 13.2 Å². The van der Waals surface area contributed by atoms with Crippen LogP contribution in [0.1, 0.15) is 12.5 Å². The number of anilines is 1. The Balaban J connectivity index is 1.81. The summed E-state index contributed by atoms with van der Waals surface area (Å²) in [5.41, 5.74) is 0.762. The number of hydrogen-bond acceptors (Lipinski definition) is 4. The molecule has 3 aromatic rings. The van der Waals surface area contributed by atoms with Crippen molar-refractivity contribution >= 4 is 11.6 Å². The van der Waals surface area contributed by atoms with Crippen molar-refractivity contribution < 1.29 is 22.7 Å². The fourth-order valence-corrected chi connectivity index (χ4v) is 2.34. The fraction of sp³-hybridized carbons (Fsp3) is 0.105. The molecule has 5 nitrogen and oxygen atoms in total. The van der Waals surface area contributed by atoms with E-state index in [-0.39, 0.29) is 11.8 Å². The predicted octanol–water partition coefficient (Wildman–Crippen LogP) is 4.91. The van der Waals surface area contributed by atoms with Crippen LogP contribution in [0.5, 0.6) is 11.6 Å². The predicted molar refractivity (Wildman–Crippen MR) is 93.3 cm³/mol. The van der Waals surface area contributed by atoms with Gasteiger partial charge in [-0.3, -0.25) is 4.79 Å². The maximum Gasteiger partial charge on any atom is 0.416 e. The number of carbonyl (C=O) groups excluding carboxylic acids is 1. The van der Waals surface area contributed by atoms with Crippen LogP contribution in [0.3, 0.4) is 0 Å². The van der Waals surface area contributed by atoms with Crippen molar-refractivity contribution in [3.63, 3.8) is 0 Å². The van der Waals surface area contributed by atoms with Gasteiger partial charge in [0.2, 0.25) is 11.8 Å². The second kappa shape index (κ2) is 7.45. The molecule has 0 bridgehead atoms. The summed E-state index contributed by atoms with van der Waals surface area (Å²) in [7, 11) is 0. The number of ether oxygens (including phenoxy) is 1. The molecule has 2 aromatic carbocycles. The Hall–Kier alpha value is -3.42. The van der Waals surface area contributed by atoms with Gasteiger partial charge >= 0.3 is 6.18 Å². The number of nitrogens with one attached hydrogen (secondary N) is 1. The second-order valence-corrected chi connectivity index (χ2v) is 5.63. The zero-order chi connectivity index (χ0) is 19.4. The molecule has 0 spiro atoms. The van der Waals surface area contributed by atoms with E-state index in [4.69, 9.17) is 4.74 Å². The molecule has 0 aliphatic carbocycles. The second-order valence-electron chi connectivity index (χ2n) is 5.63. The number of carbonyl (C=O) groups is 1. The maximum atomic E-state index is 12.7. The number of aromatic nitrogens is 2. The smallest absolute Gasteiger partial charge is 0.416 e. The largest absolute Gasteiger partial charge is 0.439 e. The van der Waals surface area contributed by atoms with E-state index in [1.54, 1.807) is 24.3 Å². The first-order chi connectivity index (χ1) is 12.8. The summed E-state index contributed by atoms with van der Waals surface area (Å²) in [6.45, 7) is 1.40. The molecule has 1 N–H and O–H groups in total. The highest BCUT2D eigenvalue weighted by Gasteiger charge is 2.30. The minimum Gasteiger partial charge on any atom is -0.439 e. The minimum absolute atomic E-state index is 0.209. The van der Waals surface area contributed by atoms with E-state index in [2.05, 4.69) is 15.3 Å². The topological polar surface area (TPSA) is 64.1 Å². The van der Waals surface area contributed by atoms with E-state index >= 15 is 0 Å². The summed E-state index contributed by atoms with van der Waals surface area (Å²) in [6.07, 6.45) is -3.13. The van der Waals surface area contributed by atoms with Crippen molar-refractivity contribution in [3.8, 4) is 22.9 Å². The van der Waals surface area contributed by atoms with Crippen LogP contribution in [0.15, 0.2) is 60.9 Å². The molecule has 0 aliphatic rings. The first-order valence-electron chi connectivity index (χ1n) is 7.86. The lowest BCUT2D eigenvalue weighted by Crippen LogP contribution is -2.05. The van der Waals surface area contributed by atoms with Crippen molar-refractivity contribution in [2.24, 2.45) is 0 Å². The number of nitrogens with zero attached hydrogens (tertiary/aromatic N) is 2. The molecule has 0 saturated carbocycles. The molecular formula is C19H14F3N3O2. The zero-order valence-corrected chi connectivity index (χ0v) is 14.1. The molecule has 0 fully saturated rings. The van der Waals surface area contributed by atoms with Crippen LogP contribution in [0.25, 0.3) is 11.3 Å². The van der Waals surface area contributed by atoms with Crippen LogP contribution in [-0.4, -0.2) is 15.9 Å². The van der Waals surface area contributed by atoms with Crippen LogP contribution in [0.4, 0.5) is 18.9 Å². The van der Waals surface area contributed by atoms with Crippen molar-refractivity contribution in [1.82, 2.24) is 9.97 Å². The summed E-state index contributed by atoms with van der Waals surface area (Å²) in [5.74, 6) is 0.456. The molecule has 27 heavy (non-hydrogen) atoms. The van der Waals surface area contributed by atoms with E-state index in [9.17, 15) is 18.0 Å². The first-order valence-corrected chi connectivity index (χ1v) is 7.86. The molecule has 0 radical (unpaired) electrons. The van der Waals surface area contributed by atoms with E-state index in [1.807, 2.05) is 0 Å². The van der Waals surface area contributed by atoms with Crippen molar-refractivity contribution in [3.05, 3.63) is 66.5 Å². The Kier molecular flexibility index (Phi) is 5.07. The summed E-state index contributed by atoms with van der Waals surface area (Å²) in [6, 6.07) is 12.9. The van der Waals surface area contributed by atoms with Crippen molar-refractivity contribution in [1.29, 1.82) is 0 Å². The molecule has 1 amide bonds. The average molecular weight is 373 g/mol. The number of hydrogen-bond donors (Lipinski definition) is 1. The molecular weight excluding hydrogens is 359 g/mol. The van der Waals surface area contributed by atoms with Crippen molar-refractivity contribution in [2.75, 3.05) is 5.32 Å². The number of halogens is 3. The lowest BCUT2D eigenvalue weighted by molar-refractivity contribution is -0.137. The van der Waals surface area contributed by atoms with Gasteiger partial charge in [0.25, 0.3) is 0 Å². The monoisotopic (exact) mass is 373 g/mol. The average Bonchev–Trinajstić information content (AvgIpc) is 2.61. The van der Waals surface area contributed by atoms with Crippen LogP contribution in [0, 0.1) is 0 Å². The standard InChI is InChI=1S/C19H14F3N3O2/c1-12(26)25-15-3-2-4-16(9-15)27-18-10-17(23-11-24-18)13-5-7-14(8-6-13)19(20,21)22/h2-11H,1H3,(H,25,26). The first kappa shape index (κ1) is 18.4. The van der Waals surface area contributed by atoms with Gasteiger partial charge < -0.3 is 10.1 Å². The van der Waals surface area contributed by atoms with Crippen LogP contribution >= 0.6 is 0 Å². The number of benzene rings is 2. The van der Waals surface area contributed by atoms with Gasteiger partial charge in [-0.05, 0) is 24.3 Å². The lowest BCUT2D eigenvalue weighted by atomic mass is 10.1. The zero-order valence-electron chi connectivity index (χ0n) is 14.1. The summed E-state index contributed by atoms with van der Waals surface area (Å²) in [5, 5.41) is 2.64. The highest BCUT2D eigenvalue weighted by atomic mass is 19.4. The maximum absolute atomic E-state index is 12.7. The van der Waals surface area contributed by atoms with Crippen molar-refractivity contribution in [2.45, 2.75) is 13.1 Å². The van der Waals surface area contributed by atoms with Gasteiger partial charge in [-0.1, -0.05) is 18.2 Å². The number of amides is 1. The van der Waals surface area contributed by atoms with Crippen LogP contribution < -0.4 is 10.1 Å². The highest BCUT2D eigenvalue weighted by Crippen LogP contribution is 2.31. The SMILES string of the molecule is CC(=O)Nc1cccc(Oc2cc(-c3ccc(C(F)(F)F)cc3)ncn2)c1. The molecule has 3 rings (SSSR count). The third kappa shape index (κ3) is 4.81. The minimum atomic E-state index is -4.39. The molecule has 8 heteroatoms. The molecule has 1 heterocycles. The van der Waals surface area contributed by atoms with Crippen LogP contribution in [-0.2, 0) is 11.0 Å². The van der Waals surface area contributed by atoms with E-state index in [0.717, 1.165) is 12.1 Å². The summed E-state index contributed by atoms with van der Waals surface area (Å²) in [4.78, 5) is 19.2. The van der Waals surface area contributed by atoms with Gasteiger partial charge in [-0.15, -0.1) is 0 Å². The summed E-state index contributed by atoms with van der Waals surface area (Å²) < 4.78 is 43.7. The van der Waals surface area contributed by atoms with E-state index in [1.165, 1.54) is 31.5 Å². The quantitative estimate of drug-likeness (QED) is 0.706. The molecule has 0 saturated heterocycles. The lowest BCUT2D eigenvalue weighted by Gasteiger charge is -2.09. The Labute approximate surface area is 152 Å². The van der Waals surface area contributed by atoms with Gasteiger partial charge in [0.05, 0.1) is 11.3 Å². The van der Waals surface area contributed by atoms with E-state index in [0.29, 0.717) is 22.7 Å². The number of alkyl halides is 3. The van der Waals surface area contributed by atoms with Gasteiger partial charge in [0, 0.05) is 30.3 Å². The van der Waals surface area contributed by atoms with Crippen LogP contribution in [0.2, 0.25) is 0 Å². The van der Waals surface area contributed by atoms with E-state index < -0.39 is 11.7 Å². The Morgan fingerprint density at radius 1 is 1.04 bits per heavy atom.